The number of hydrogen-bond donors (Lipinski definition) is 1. The molecule has 0 aliphatic heterocycles. The van der Waals surface area contributed by atoms with Crippen molar-refractivity contribution in [2.75, 3.05) is 0 Å². The van der Waals surface area contributed by atoms with Crippen molar-refractivity contribution in [3.05, 3.63) is 42.3 Å². The summed E-state index contributed by atoms with van der Waals surface area (Å²) in [7, 11) is 0. The first kappa shape index (κ1) is 12.0. The molecule has 0 unspecified atom stereocenters. The summed E-state index contributed by atoms with van der Waals surface area (Å²) in [6, 6.07) is 7.56. The number of hydrogen-bond acceptors (Lipinski definition) is 3. The van der Waals surface area contributed by atoms with Crippen LogP contribution in [0.25, 0.3) is 11.5 Å². The van der Waals surface area contributed by atoms with Crippen LogP contribution in [-0.2, 0) is 11.3 Å². The van der Waals surface area contributed by atoms with Crippen LogP contribution in [0, 0.1) is 5.92 Å². The average molecular weight is 256 g/mol. The molecule has 0 radical (unpaired) electrons. The van der Waals surface area contributed by atoms with Gasteiger partial charge in [0, 0.05) is 18.7 Å². The van der Waals surface area contributed by atoms with Crippen molar-refractivity contribution in [2.45, 2.75) is 25.8 Å². The van der Waals surface area contributed by atoms with E-state index in [4.69, 9.17) is 4.42 Å². The third kappa shape index (κ3) is 2.67. The first-order valence-corrected chi connectivity index (χ1v) is 6.59. The Morgan fingerprint density at radius 2 is 2.32 bits per heavy atom. The molecule has 0 bridgehead atoms. The highest BCUT2D eigenvalue weighted by Crippen LogP contribution is 2.26. The normalized spacial score (nSPS) is 14.9. The number of furan rings is 1. The van der Waals surface area contributed by atoms with Gasteiger partial charge in [-0.2, -0.15) is 0 Å². The van der Waals surface area contributed by atoms with Gasteiger partial charge in [0.2, 0.25) is 5.91 Å². The molecule has 2 aromatic heterocycles. The Balaban J connectivity index is 1.64. The molecule has 2 aromatic rings. The summed E-state index contributed by atoms with van der Waals surface area (Å²) in [6.07, 6.45) is 6.60. The van der Waals surface area contributed by atoms with Crippen LogP contribution in [0.3, 0.4) is 0 Å². The lowest BCUT2D eigenvalue weighted by atomic mass is 9.85. The number of amides is 1. The summed E-state index contributed by atoms with van der Waals surface area (Å²) in [5, 5.41) is 2.98. The molecular formula is C15H16N2O2. The van der Waals surface area contributed by atoms with Gasteiger partial charge in [-0.25, -0.2) is 0 Å². The Hall–Kier alpha value is -2.10. The molecule has 19 heavy (non-hydrogen) atoms. The molecule has 3 rings (SSSR count). The van der Waals surface area contributed by atoms with E-state index in [-0.39, 0.29) is 11.8 Å². The molecule has 1 fully saturated rings. The minimum absolute atomic E-state index is 0.169. The zero-order valence-electron chi connectivity index (χ0n) is 10.6. The quantitative estimate of drug-likeness (QED) is 0.915. The number of pyridine rings is 1. The van der Waals surface area contributed by atoms with E-state index in [1.54, 1.807) is 12.5 Å². The lowest BCUT2D eigenvalue weighted by molar-refractivity contribution is -0.127. The number of nitrogens with one attached hydrogen (secondary N) is 1. The Kier molecular flexibility index (Phi) is 3.31. The zero-order chi connectivity index (χ0) is 13.1. The smallest absolute Gasteiger partial charge is 0.223 e. The largest absolute Gasteiger partial charge is 0.463 e. The van der Waals surface area contributed by atoms with E-state index >= 15 is 0 Å². The molecule has 0 atom stereocenters. The average Bonchev–Trinajstić information content (AvgIpc) is 2.88. The van der Waals surface area contributed by atoms with Gasteiger partial charge in [-0.3, -0.25) is 9.78 Å². The summed E-state index contributed by atoms with van der Waals surface area (Å²) in [6.45, 7) is 0.547. The van der Waals surface area contributed by atoms with Crippen molar-refractivity contribution in [1.29, 1.82) is 0 Å². The lowest BCUT2D eigenvalue weighted by Crippen LogP contribution is -2.33. The minimum Gasteiger partial charge on any atom is -0.463 e. The summed E-state index contributed by atoms with van der Waals surface area (Å²) >= 11 is 0. The molecule has 1 saturated carbocycles. The van der Waals surface area contributed by atoms with E-state index in [0.717, 1.165) is 29.9 Å². The van der Waals surface area contributed by atoms with E-state index in [9.17, 15) is 4.79 Å². The number of rotatable bonds is 4. The van der Waals surface area contributed by atoms with E-state index < -0.39 is 0 Å². The Morgan fingerprint density at radius 1 is 1.42 bits per heavy atom. The van der Waals surface area contributed by atoms with E-state index in [2.05, 4.69) is 10.3 Å². The Bertz CT molecular complexity index is 559. The highest BCUT2D eigenvalue weighted by atomic mass is 16.3. The standard InChI is InChI=1S/C15H16N2O2/c18-15(12-3-1-4-12)17-10-11-6-7-16-13(9-11)14-5-2-8-19-14/h2,5-9,12H,1,3-4,10H2,(H,17,18). The molecular weight excluding hydrogens is 240 g/mol. The molecule has 0 saturated heterocycles. The predicted molar refractivity (Wildman–Crippen MR) is 71.1 cm³/mol. The van der Waals surface area contributed by atoms with Crippen molar-refractivity contribution < 1.29 is 9.21 Å². The maximum absolute atomic E-state index is 11.8. The molecule has 2 heterocycles. The molecule has 98 valence electrons. The van der Waals surface area contributed by atoms with Crippen molar-refractivity contribution in [2.24, 2.45) is 5.92 Å². The summed E-state index contributed by atoms with van der Waals surface area (Å²) in [4.78, 5) is 16.0. The molecule has 1 N–H and O–H groups in total. The minimum atomic E-state index is 0.169. The van der Waals surface area contributed by atoms with Gasteiger partial charge in [-0.15, -0.1) is 0 Å². The van der Waals surface area contributed by atoms with Crippen LogP contribution in [0.1, 0.15) is 24.8 Å². The van der Waals surface area contributed by atoms with Crippen molar-refractivity contribution in [1.82, 2.24) is 10.3 Å². The van der Waals surface area contributed by atoms with Crippen LogP contribution < -0.4 is 5.32 Å². The van der Waals surface area contributed by atoms with Crippen molar-refractivity contribution in [3.8, 4) is 11.5 Å². The third-order valence-corrected chi connectivity index (χ3v) is 3.54. The van der Waals surface area contributed by atoms with Gasteiger partial charge in [0.15, 0.2) is 5.76 Å². The second kappa shape index (κ2) is 5.26. The highest BCUT2D eigenvalue weighted by molar-refractivity contribution is 5.79. The SMILES string of the molecule is O=C(NCc1ccnc(-c2ccco2)c1)C1CCC1. The van der Waals surface area contributed by atoms with Crippen LogP contribution in [0.2, 0.25) is 0 Å². The molecule has 0 aromatic carbocycles. The van der Waals surface area contributed by atoms with Gasteiger partial charge < -0.3 is 9.73 Å². The highest BCUT2D eigenvalue weighted by Gasteiger charge is 2.24. The van der Waals surface area contributed by atoms with Gasteiger partial charge in [0.1, 0.15) is 5.69 Å². The second-order valence-corrected chi connectivity index (χ2v) is 4.87. The molecule has 4 nitrogen and oxygen atoms in total. The van der Waals surface area contributed by atoms with Gasteiger partial charge in [0.05, 0.1) is 6.26 Å². The fraction of sp³-hybridized carbons (Fsp3) is 0.333. The van der Waals surface area contributed by atoms with Gasteiger partial charge in [-0.1, -0.05) is 6.42 Å². The van der Waals surface area contributed by atoms with Crippen LogP contribution in [0.15, 0.2) is 41.1 Å². The molecule has 1 amide bonds. The van der Waals surface area contributed by atoms with E-state index in [1.165, 1.54) is 6.42 Å². The monoisotopic (exact) mass is 256 g/mol. The lowest BCUT2D eigenvalue weighted by Gasteiger charge is -2.24. The zero-order valence-corrected chi connectivity index (χ0v) is 10.6. The predicted octanol–water partition coefficient (Wildman–Crippen LogP) is 2.76. The fourth-order valence-corrected chi connectivity index (χ4v) is 2.15. The molecule has 1 aliphatic rings. The molecule has 4 heteroatoms. The molecule has 0 spiro atoms. The van der Waals surface area contributed by atoms with Gasteiger partial charge in [-0.05, 0) is 42.7 Å². The second-order valence-electron chi connectivity index (χ2n) is 4.87. The first-order valence-electron chi connectivity index (χ1n) is 6.59. The number of carbonyl (C=O) groups is 1. The summed E-state index contributed by atoms with van der Waals surface area (Å²) in [5.74, 6) is 1.14. The fourth-order valence-electron chi connectivity index (χ4n) is 2.15. The number of aromatic nitrogens is 1. The summed E-state index contributed by atoms with van der Waals surface area (Å²) in [5.41, 5.74) is 1.83. The number of nitrogens with zero attached hydrogens (tertiary/aromatic N) is 1. The van der Waals surface area contributed by atoms with Crippen LogP contribution in [0.4, 0.5) is 0 Å². The summed E-state index contributed by atoms with van der Waals surface area (Å²) < 4.78 is 5.32. The van der Waals surface area contributed by atoms with Crippen molar-refractivity contribution >= 4 is 5.91 Å². The van der Waals surface area contributed by atoms with Crippen molar-refractivity contribution in [3.63, 3.8) is 0 Å². The maximum Gasteiger partial charge on any atom is 0.223 e. The third-order valence-electron chi connectivity index (χ3n) is 3.54. The topological polar surface area (TPSA) is 55.1 Å². The number of carbonyl (C=O) groups excluding carboxylic acids is 1. The van der Waals surface area contributed by atoms with E-state index in [1.807, 2.05) is 24.3 Å². The van der Waals surface area contributed by atoms with Gasteiger partial charge in [0.25, 0.3) is 0 Å². The first-order chi connectivity index (χ1) is 9.33. The Morgan fingerprint density at radius 3 is 3.00 bits per heavy atom. The van der Waals surface area contributed by atoms with Crippen LogP contribution in [-0.4, -0.2) is 10.9 Å². The van der Waals surface area contributed by atoms with Crippen LogP contribution in [0.5, 0.6) is 0 Å². The van der Waals surface area contributed by atoms with Crippen LogP contribution >= 0.6 is 0 Å². The maximum atomic E-state index is 11.8. The molecule has 1 aliphatic carbocycles. The van der Waals surface area contributed by atoms with Gasteiger partial charge >= 0.3 is 0 Å². The van der Waals surface area contributed by atoms with E-state index in [0.29, 0.717) is 6.54 Å². The Labute approximate surface area is 111 Å².